The smallest absolute Gasteiger partial charge is 0.250 e. The Kier molecular flexibility index (Phi) is 3.10. The SMILES string of the molecule is NC(=O)c1cc2nccnc2c(-c2cc(O)ccc2F)c1N. The fraction of sp³-hybridized carbons (Fsp3) is 0. The van der Waals surface area contributed by atoms with Crippen LogP contribution in [-0.2, 0) is 0 Å². The molecule has 7 heteroatoms. The summed E-state index contributed by atoms with van der Waals surface area (Å²) in [5.74, 6) is -1.51. The molecule has 3 aromatic rings. The predicted octanol–water partition coefficient (Wildman–Crippen LogP) is 1.82. The number of primary amides is 1. The van der Waals surface area contributed by atoms with Crippen LogP contribution in [0.1, 0.15) is 10.4 Å². The van der Waals surface area contributed by atoms with Crippen LogP contribution < -0.4 is 11.5 Å². The first-order chi connectivity index (χ1) is 10.5. The van der Waals surface area contributed by atoms with E-state index in [1.807, 2.05) is 0 Å². The van der Waals surface area contributed by atoms with Crippen LogP contribution in [0.4, 0.5) is 10.1 Å². The number of nitrogens with zero attached hydrogens (tertiary/aromatic N) is 2. The number of aromatic nitrogens is 2. The zero-order chi connectivity index (χ0) is 15.9. The second kappa shape index (κ2) is 4.96. The number of hydrogen-bond donors (Lipinski definition) is 3. The summed E-state index contributed by atoms with van der Waals surface area (Å²) in [6.45, 7) is 0. The van der Waals surface area contributed by atoms with Gasteiger partial charge in [-0.25, -0.2) is 4.39 Å². The van der Waals surface area contributed by atoms with Gasteiger partial charge in [0.2, 0.25) is 0 Å². The van der Waals surface area contributed by atoms with Gasteiger partial charge in [-0.15, -0.1) is 0 Å². The van der Waals surface area contributed by atoms with Crippen molar-refractivity contribution in [2.24, 2.45) is 5.73 Å². The minimum atomic E-state index is -0.758. The zero-order valence-electron chi connectivity index (χ0n) is 11.2. The van der Waals surface area contributed by atoms with Crippen LogP contribution in [0.3, 0.4) is 0 Å². The van der Waals surface area contributed by atoms with Gasteiger partial charge in [0.1, 0.15) is 11.6 Å². The van der Waals surface area contributed by atoms with Gasteiger partial charge in [0.25, 0.3) is 5.91 Å². The molecule has 0 radical (unpaired) electrons. The van der Waals surface area contributed by atoms with Crippen molar-refractivity contribution in [1.82, 2.24) is 9.97 Å². The largest absolute Gasteiger partial charge is 0.508 e. The number of phenolic OH excluding ortho intramolecular Hbond substituents is 1. The van der Waals surface area contributed by atoms with Crippen molar-refractivity contribution in [3.8, 4) is 16.9 Å². The number of halogens is 1. The molecule has 1 amide bonds. The maximum atomic E-state index is 14.2. The van der Waals surface area contributed by atoms with E-state index < -0.39 is 11.7 Å². The van der Waals surface area contributed by atoms with Crippen LogP contribution in [0.25, 0.3) is 22.2 Å². The second-order valence-corrected chi connectivity index (χ2v) is 4.67. The topological polar surface area (TPSA) is 115 Å². The maximum absolute atomic E-state index is 14.2. The third kappa shape index (κ3) is 2.08. The molecule has 0 bridgehead atoms. The molecule has 0 spiro atoms. The highest BCUT2D eigenvalue weighted by atomic mass is 19.1. The molecule has 3 rings (SSSR count). The highest BCUT2D eigenvalue weighted by molar-refractivity contribution is 6.09. The molecule has 22 heavy (non-hydrogen) atoms. The monoisotopic (exact) mass is 298 g/mol. The number of hydrogen-bond acceptors (Lipinski definition) is 5. The van der Waals surface area contributed by atoms with Crippen LogP contribution in [-0.4, -0.2) is 21.0 Å². The summed E-state index contributed by atoms with van der Waals surface area (Å²) >= 11 is 0. The average Bonchev–Trinajstić information content (AvgIpc) is 2.49. The summed E-state index contributed by atoms with van der Waals surface area (Å²) in [6, 6.07) is 4.92. The number of rotatable bonds is 2. The number of anilines is 1. The lowest BCUT2D eigenvalue weighted by atomic mass is 9.97. The minimum Gasteiger partial charge on any atom is -0.508 e. The molecular formula is C15H11FN4O2. The van der Waals surface area contributed by atoms with Crippen LogP contribution >= 0.6 is 0 Å². The molecule has 0 fully saturated rings. The van der Waals surface area contributed by atoms with Gasteiger partial charge >= 0.3 is 0 Å². The first kappa shape index (κ1) is 13.7. The van der Waals surface area contributed by atoms with Crippen molar-refractivity contribution in [1.29, 1.82) is 0 Å². The number of nitrogen functional groups attached to an aromatic ring is 1. The van der Waals surface area contributed by atoms with E-state index in [0.29, 0.717) is 11.0 Å². The number of phenols is 1. The predicted molar refractivity (Wildman–Crippen MR) is 79.5 cm³/mol. The van der Waals surface area contributed by atoms with Crippen molar-refractivity contribution in [2.45, 2.75) is 0 Å². The lowest BCUT2D eigenvalue weighted by Gasteiger charge is -2.13. The standard InChI is InChI=1S/C15H11FN4O2/c16-10-2-1-7(21)5-8(10)12-13(17)9(15(18)22)6-11-14(12)20-4-3-19-11/h1-6,21H,17H2,(H2,18,22). The summed E-state index contributed by atoms with van der Waals surface area (Å²) in [4.78, 5) is 19.8. The molecular weight excluding hydrogens is 287 g/mol. The number of carbonyl (C=O) groups excluding carboxylic acids is 1. The van der Waals surface area contributed by atoms with E-state index in [1.54, 1.807) is 0 Å². The molecule has 0 unspecified atom stereocenters. The number of carbonyl (C=O) groups is 1. The van der Waals surface area contributed by atoms with Crippen molar-refractivity contribution in [2.75, 3.05) is 5.73 Å². The molecule has 0 atom stereocenters. The number of aromatic hydroxyl groups is 1. The molecule has 0 aliphatic rings. The minimum absolute atomic E-state index is 0.00926. The van der Waals surface area contributed by atoms with E-state index in [2.05, 4.69) is 9.97 Å². The van der Waals surface area contributed by atoms with Crippen molar-refractivity contribution in [3.63, 3.8) is 0 Å². The molecule has 0 aliphatic heterocycles. The normalized spacial score (nSPS) is 10.8. The Morgan fingerprint density at radius 2 is 1.91 bits per heavy atom. The fourth-order valence-electron chi connectivity index (χ4n) is 2.31. The highest BCUT2D eigenvalue weighted by Crippen LogP contribution is 2.37. The third-order valence-corrected chi connectivity index (χ3v) is 3.29. The molecule has 110 valence electrons. The number of fused-ring (bicyclic) bond motifs is 1. The van der Waals surface area contributed by atoms with E-state index in [4.69, 9.17) is 11.5 Å². The van der Waals surface area contributed by atoms with E-state index in [1.165, 1.54) is 30.6 Å². The summed E-state index contributed by atoms with van der Waals surface area (Å²) in [5, 5.41) is 9.61. The van der Waals surface area contributed by atoms with Crippen LogP contribution in [0.2, 0.25) is 0 Å². The van der Waals surface area contributed by atoms with Crippen LogP contribution in [0.15, 0.2) is 36.7 Å². The molecule has 2 aromatic carbocycles. The lowest BCUT2D eigenvalue weighted by Crippen LogP contribution is -2.14. The van der Waals surface area contributed by atoms with Gasteiger partial charge in [-0.05, 0) is 24.3 Å². The average molecular weight is 298 g/mol. The van der Waals surface area contributed by atoms with Gasteiger partial charge < -0.3 is 16.6 Å². The van der Waals surface area contributed by atoms with Crippen LogP contribution in [0.5, 0.6) is 5.75 Å². The van der Waals surface area contributed by atoms with Crippen molar-refractivity contribution in [3.05, 3.63) is 48.0 Å². The van der Waals surface area contributed by atoms with Gasteiger partial charge in [0.05, 0.1) is 22.3 Å². The van der Waals surface area contributed by atoms with E-state index in [9.17, 15) is 14.3 Å². The van der Waals surface area contributed by atoms with Gasteiger partial charge in [-0.2, -0.15) is 0 Å². The van der Waals surface area contributed by atoms with E-state index >= 15 is 0 Å². The molecule has 6 nitrogen and oxygen atoms in total. The Bertz CT molecular complexity index is 911. The second-order valence-electron chi connectivity index (χ2n) is 4.67. The first-order valence-corrected chi connectivity index (χ1v) is 6.31. The van der Waals surface area contributed by atoms with Gasteiger partial charge in [-0.3, -0.25) is 14.8 Å². The summed E-state index contributed by atoms with van der Waals surface area (Å²) in [7, 11) is 0. The molecule has 0 aliphatic carbocycles. The molecule has 5 N–H and O–H groups in total. The van der Waals surface area contributed by atoms with Gasteiger partial charge in [-0.1, -0.05) is 0 Å². The highest BCUT2D eigenvalue weighted by Gasteiger charge is 2.20. The molecule has 1 aromatic heterocycles. The van der Waals surface area contributed by atoms with E-state index in [0.717, 1.165) is 6.07 Å². The van der Waals surface area contributed by atoms with Gasteiger partial charge in [0.15, 0.2) is 0 Å². The zero-order valence-corrected chi connectivity index (χ0v) is 11.2. The summed E-state index contributed by atoms with van der Waals surface area (Å²) in [5.41, 5.74) is 12.2. The molecule has 0 saturated heterocycles. The number of benzene rings is 2. The summed E-state index contributed by atoms with van der Waals surface area (Å²) < 4.78 is 14.2. The quantitative estimate of drug-likeness (QED) is 0.624. The Morgan fingerprint density at radius 3 is 2.64 bits per heavy atom. The summed E-state index contributed by atoms with van der Waals surface area (Å²) in [6.07, 6.45) is 2.86. The number of nitrogens with two attached hydrogens (primary N) is 2. The number of amides is 1. The lowest BCUT2D eigenvalue weighted by molar-refractivity contribution is 0.100. The first-order valence-electron chi connectivity index (χ1n) is 6.31. The van der Waals surface area contributed by atoms with E-state index in [-0.39, 0.29) is 28.1 Å². The Morgan fingerprint density at radius 1 is 1.18 bits per heavy atom. The molecule has 0 saturated carbocycles. The van der Waals surface area contributed by atoms with Crippen molar-refractivity contribution >= 4 is 22.6 Å². The Labute approximate surface area is 124 Å². The van der Waals surface area contributed by atoms with Gasteiger partial charge in [0, 0.05) is 23.5 Å². The molecule has 1 heterocycles. The maximum Gasteiger partial charge on any atom is 0.250 e. The van der Waals surface area contributed by atoms with Crippen LogP contribution in [0, 0.1) is 5.82 Å². The Hall–Kier alpha value is -3.22. The third-order valence-electron chi connectivity index (χ3n) is 3.29. The fourth-order valence-corrected chi connectivity index (χ4v) is 2.31. The van der Waals surface area contributed by atoms with Crippen molar-refractivity contribution < 1.29 is 14.3 Å². The Balaban J connectivity index is 2.48.